The molecule has 0 spiro atoms. The zero-order chi connectivity index (χ0) is 21.6. The van der Waals surface area contributed by atoms with Crippen LogP contribution >= 0.6 is 0 Å². The number of nitrogens with one attached hydrogen (secondary N) is 1. The quantitative estimate of drug-likeness (QED) is 0.714. The highest BCUT2D eigenvalue weighted by atomic mass is 16.6. The highest BCUT2D eigenvalue weighted by Crippen LogP contribution is 2.58. The second kappa shape index (κ2) is 7.50. The first-order chi connectivity index (χ1) is 14.3. The second-order valence-corrected chi connectivity index (χ2v) is 8.06. The van der Waals surface area contributed by atoms with Crippen molar-refractivity contribution in [3.63, 3.8) is 0 Å². The number of phenols is 1. The lowest BCUT2D eigenvalue weighted by Gasteiger charge is -2.54. The summed E-state index contributed by atoms with van der Waals surface area (Å²) in [6.45, 7) is 3.38. The first-order valence-corrected chi connectivity index (χ1v) is 10.1. The van der Waals surface area contributed by atoms with Gasteiger partial charge in [0.2, 0.25) is 0 Å². The summed E-state index contributed by atoms with van der Waals surface area (Å²) in [6, 6.07) is 3.70. The fourth-order valence-electron chi connectivity index (χ4n) is 5.51. The molecule has 2 bridgehead atoms. The minimum Gasteiger partial charge on any atom is -0.504 e. The minimum absolute atomic E-state index is 0.0367. The molecular formula is C22H27NO7. The maximum absolute atomic E-state index is 11.9. The van der Waals surface area contributed by atoms with Gasteiger partial charge in [0.25, 0.3) is 0 Å². The molecule has 0 saturated carbocycles. The Labute approximate surface area is 175 Å². The molecule has 8 nitrogen and oxygen atoms in total. The van der Waals surface area contributed by atoms with E-state index in [0.29, 0.717) is 30.8 Å². The monoisotopic (exact) mass is 417 g/mol. The summed E-state index contributed by atoms with van der Waals surface area (Å²) in [5.74, 6) is 0.0130. The minimum atomic E-state index is -0.837. The van der Waals surface area contributed by atoms with Crippen LogP contribution in [-0.2, 0) is 35.6 Å². The predicted octanol–water partition coefficient (Wildman–Crippen LogP) is 1.72. The number of fused-ring (bicyclic) bond motifs is 1. The Bertz CT molecular complexity index is 924. The molecule has 1 saturated heterocycles. The van der Waals surface area contributed by atoms with Gasteiger partial charge in [0, 0.05) is 37.3 Å². The Kier molecular flexibility index (Phi) is 5.13. The molecule has 1 fully saturated rings. The van der Waals surface area contributed by atoms with Gasteiger partial charge in [-0.05, 0) is 36.6 Å². The average molecular weight is 417 g/mol. The van der Waals surface area contributed by atoms with E-state index >= 15 is 0 Å². The van der Waals surface area contributed by atoms with Crippen LogP contribution < -0.4 is 10.1 Å². The standard InChI is InChI=1S/C22H27NO7/c1-11(24)29-16-10-22-7-8-23-14(18(22)21(28-4)20(16)30-12(2)25)9-13-5-6-15(27-3)19(26)17(13)22/h5-6,14,16,20,23,26H,7-10H2,1-4H3/t14-,16+,20+,22+/m1/s1. The fourth-order valence-corrected chi connectivity index (χ4v) is 5.51. The van der Waals surface area contributed by atoms with Crippen molar-refractivity contribution in [2.45, 2.75) is 56.8 Å². The van der Waals surface area contributed by atoms with E-state index in [4.69, 9.17) is 18.9 Å². The number of phenolic OH excluding ortho intramolecular Hbond substituents is 1. The molecule has 8 heteroatoms. The van der Waals surface area contributed by atoms with Gasteiger partial charge in [0.15, 0.2) is 17.6 Å². The van der Waals surface area contributed by atoms with E-state index < -0.39 is 29.6 Å². The van der Waals surface area contributed by atoms with Crippen LogP contribution in [0.1, 0.15) is 37.8 Å². The van der Waals surface area contributed by atoms with Crippen LogP contribution in [0.5, 0.6) is 11.5 Å². The smallest absolute Gasteiger partial charge is 0.303 e. The van der Waals surface area contributed by atoms with Crippen LogP contribution in [0.4, 0.5) is 0 Å². The number of esters is 2. The van der Waals surface area contributed by atoms with Crippen LogP contribution in [0.2, 0.25) is 0 Å². The molecule has 0 amide bonds. The molecule has 4 rings (SSSR count). The number of hydrogen-bond donors (Lipinski definition) is 2. The van der Waals surface area contributed by atoms with Gasteiger partial charge in [0.05, 0.1) is 14.2 Å². The van der Waals surface area contributed by atoms with E-state index in [1.165, 1.54) is 28.1 Å². The van der Waals surface area contributed by atoms with Crippen molar-refractivity contribution >= 4 is 11.9 Å². The fraction of sp³-hybridized carbons (Fsp3) is 0.545. The molecule has 2 N–H and O–H groups in total. The Morgan fingerprint density at radius 3 is 2.50 bits per heavy atom. The van der Waals surface area contributed by atoms with Gasteiger partial charge in [-0.2, -0.15) is 0 Å². The van der Waals surface area contributed by atoms with Crippen molar-refractivity contribution in [2.75, 3.05) is 20.8 Å². The maximum Gasteiger partial charge on any atom is 0.303 e. The number of ether oxygens (including phenoxy) is 4. The molecule has 162 valence electrons. The van der Waals surface area contributed by atoms with Crippen LogP contribution in [0.15, 0.2) is 23.5 Å². The van der Waals surface area contributed by atoms with Gasteiger partial charge in [-0.25, -0.2) is 0 Å². The first-order valence-electron chi connectivity index (χ1n) is 10.1. The summed E-state index contributed by atoms with van der Waals surface area (Å²) < 4.78 is 22.4. The molecule has 3 aliphatic rings. The third-order valence-electron chi connectivity index (χ3n) is 6.40. The summed E-state index contributed by atoms with van der Waals surface area (Å²) in [6.07, 6.45) is 0.126. The van der Waals surface area contributed by atoms with E-state index in [0.717, 1.165) is 23.2 Å². The molecule has 1 aromatic carbocycles. The Morgan fingerprint density at radius 1 is 1.13 bits per heavy atom. The van der Waals surface area contributed by atoms with E-state index in [1.807, 2.05) is 6.07 Å². The number of piperidine rings is 1. The molecular weight excluding hydrogens is 390 g/mol. The number of methoxy groups -OCH3 is 2. The SMILES string of the molecule is COC1=C2[C@H]3Cc4ccc(OC)c(O)c4[C@]2(CCN3)C[C@H](OC(C)=O)[C@@H]1OC(C)=O. The van der Waals surface area contributed by atoms with Crippen molar-refractivity contribution in [3.8, 4) is 11.5 Å². The first kappa shape index (κ1) is 20.5. The lowest BCUT2D eigenvalue weighted by molar-refractivity contribution is -0.168. The van der Waals surface area contributed by atoms with E-state index in [9.17, 15) is 14.7 Å². The molecule has 2 aliphatic carbocycles. The second-order valence-electron chi connectivity index (χ2n) is 8.06. The van der Waals surface area contributed by atoms with Gasteiger partial charge < -0.3 is 29.4 Å². The van der Waals surface area contributed by atoms with Crippen molar-refractivity contribution < 1.29 is 33.6 Å². The highest BCUT2D eigenvalue weighted by Gasteiger charge is 2.58. The van der Waals surface area contributed by atoms with Gasteiger partial charge in [-0.3, -0.25) is 9.59 Å². The number of rotatable bonds is 4. The van der Waals surface area contributed by atoms with E-state index in [2.05, 4.69) is 5.32 Å². The van der Waals surface area contributed by atoms with Crippen LogP contribution in [-0.4, -0.2) is 56.1 Å². The topological polar surface area (TPSA) is 103 Å². The van der Waals surface area contributed by atoms with Crippen LogP contribution in [0, 0.1) is 0 Å². The number of carbonyl (C=O) groups is 2. The van der Waals surface area contributed by atoms with Gasteiger partial charge in [0.1, 0.15) is 11.9 Å². The molecule has 1 aromatic rings. The molecule has 30 heavy (non-hydrogen) atoms. The summed E-state index contributed by atoms with van der Waals surface area (Å²) in [5.41, 5.74) is 2.12. The normalized spacial score (nSPS) is 29.4. The number of carbonyl (C=O) groups excluding carboxylic acids is 2. The van der Waals surface area contributed by atoms with Gasteiger partial charge in [-0.1, -0.05) is 6.07 Å². The maximum atomic E-state index is 11.9. The predicted molar refractivity (Wildman–Crippen MR) is 106 cm³/mol. The Hall–Kier alpha value is -2.74. The van der Waals surface area contributed by atoms with Crippen molar-refractivity contribution in [2.24, 2.45) is 0 Å². The summed E-state index contributed by atoms with van der Waals surface area (Å²) in [5, 5.41) is 14.6. The zero-order valence-electron chi connectivity index (χ0n) is 17.6. The van der Waals surface area contributed by atoms with Crippen molar-refractivity contribution in [3.05, 3.63) is 34.6 Å². The molecule has 0 unspecified atom stereocenters. The van der Waals surface area contributed by atoms with Gasteiger partial charge in [-0.15, -0.1) is 0 Å². The molecule has 1 aliphatic heterocycles. The van der Waals surface area contributed by atoms with E-state index in [1.54, 1.807) is 6.07 Å². The average Bonchev–Trinajstić information content (AvgIpc) is 2.67. The molecule has 0 radical (unpaired) electrons. The number of aromatic hydroxyl groups is 1. The van der Waals surface area contributed by atoms with Gasteiger partial charge >= 0.3 is 11.9 Å². The summed E-state index contributed by atoms with van der Waals surface area (Å²) >= 11 is 0. The third kappa shape index (κ3) is 3.01. The molecule has 1 heterocycles. The Balaban J connectivity index is 1.98. The number of hydrogen-bond acceptors (Lipinski definition) is 8. The number of benzene rings is 1. The summed E-state index contributed by atoms with van der Waals surface area (Å²) in [4.78, 5) is 23.7. The third-order valence-corrected chi connectivity index (χ3v) is 6.40. The molecule has 0 aromatic heterocycles. The van der Waals surface area contributed by atoms with Crippen molar-refractivity contribution in [1.82, 2.24) is 5.32 Å². The van der Waals surface area contributed by atoms with E-state index in [-0.39, 0.29) is 11.8 Å². The van der Waals surface area contributed by atoms with Crippen LogP contribution in [0.25, 0.3) is 0 Å². The Morgan fingerprint density at radius 2 is 1.87 bits per heavy atom. The van der Waals surface area contributed by atoms with Crippen LogP contribution in [0.3, 0.4) is 0 Å². The summed E-state index contributed by atoms with van der Waals surface area (Å²) in [7, 11) is 3.04. The zero-order valence-corrected chi connectivity index (χ0v) is 17.6. The molecule has 4 atom stereocenters. The highest BCUT2D eigenvalue weighted by molar-refractivity contribution is 5.69. The lowest BCUT2D eigenvalue weighted by Crippen LogP contribution is -2.60. The lowest BCUT2D eigenvalue weighted by atomic mass is 9.55. The largest absolute Gasteiger partial charge is 0.504 e. The van der Waals surface area contributed by atoms with Crippen molar-refractivity contribution in [1.29, 1.82) is 0 Å².